The van der Waals surface area contributed by atoms with E-state index in [2.05, 4.69) is 25.0 Å². The second-order valence-electron chi connectivity index (χ2n) is 11.3. The molecular formula is C29H29FN8O3. The molecule has 4 atom stereocenters. The maximum absolute atomic E-state index is 15.3. The first-order chi connectivity index (χ1) is 20.0. The number of aromatic nitrogens is 4. The largest absolute Gasteiger partial charge is 0.442 e. The Balaban J connectivity index is 1.01. The number of pyridine rings is 1. The van der Waals surface area contributed by atoms with Gasteiger partial charge in [0.2, 0.25) is 5.91 Å². The maximum Gasteiger partial charge on any atom is 0.414 e. The molecule has 4 aliphatic rings. The van der Waals surface area contributed by atoms with Crippen LogP contribution >= 0.6 is 0 Å². The van der Waals surface area contributed by atoms with E-state index < -0.39 is 23.6 Å². The van der Waals surface area contributed by atoms with Gasteiger partial charge in [-0.05, 0) is 50.2 Å². The summed E-state index contributed by atoms with van der Waals surface area (Å²) in [7, 11) is 0. The predicted molar refractivity (Wildman–Crippen MR) is 145 cm³/mol. The lowest BCUT2D eigenvalue weighted by atomic mass is 10.0. The summed E-state index contributed by atoms with van der Waals surface area (Å²) in [6.45, 7) is 12.2. The molecule has 5 heterocycles. The van der Waals surface area contributed by atoms with Gasteiger partial charge in [-0.25, -0.2) is 20.4 Å². The second-order valence-corrected chi connectivity index (χ2v) is 11.3. The molecule has 210 valence electrons. The van der Waals surface area contributed by atoms with Crippen molar-refractivity contribution < 1.29 is 18.7 Å². The van der Waals surface area contributed by atoms with Crippen LogP contribution in [0.4, 0.5) is 14.9 Å². The van der Waals surface area contributed by atoms with E-state index in [-0.39, 0.29) is 24.3 Å². The fourth-order valence-electron chi connectivity index (χ4n) is 6.70. The van der Waals surface area contributed by atoms with Crippen molar-refractivity contribution in [1.82, 2.24) is 29.8 Å². The standard InChI is InChI=1S/C29H29FN8O3/c1-31-29(23-16-36(17-24(23)29)27(39)18-35-9-2-3-10-35)26-7-4-19(13-32-26)22-6-5-20(12-25(22)30)38-15-21(41-28(38)40)14-37-11-8-33-34-37/h4-8,11-13,21,23-24H,2-3,9-10,14-18H2/t21-,23-,24+,29?/m0/s1. The average molecular weight is 557 g/mol. The summed E-state index contributed by atoms with van der Waals surface area (Å²) in [5.41, 5.74) is 1.30. The molecule has 0 spiro atoms. The van der Waals surface area contributed by atoms with Gasteiger partial charge in [0.25, 0.3) is 5.54 Å². The molecule has 7 rings (SSSR count). The molecule has 0 N–H and O–H groups in total. The van der Waals surface area contributed by atoms with E-state index in [4.69, 9.17) is 11.3 Å². The number of benzene rings is 1. The van der Waals surface area contributed by atoms with Crippen molar-refractivity contribution in [3.63, 3.8) is 0 Å². The normalized spacial score (nSPS) is 27.1. The van der Waals surface area contributed by atoms with E-state index in [1.54, 1.807) is 41.5 Å². The highest BCUT2D eigenvalue weighted by molar-refractivity contribution is 5.90. The molecule has 2 amide bonds. The average Bonchev–Trinajstić information content (AvgIpc) is 3.65. The number of hydrogen-bond donors (Lipinski definition) is 0. The van der Waals surface area contributed by atoms with Crippen LogP contribution in [0, 0.1) is 24.2 Å². The Morgan fingerprint density at radius 2 is 1.95 bits per heavy atom. The van der Waals surface area contributed by atoms with Gasteiger partial charge in [0.1, 0.15) is 17.6 Å². The Morgan fingerprint density at radius 1 is 1.15 bits per heavy atom. The Bertz CT molecular complexity index is 1500. The zero-order valence-electron chi connectivity index (χ0n) is 22.4. The van der Waals surface area contributed by atoms with Gasteiger partial charge < -0.3 is 14.5 Å². The zero-order valence-corrected chi connectivity index (χ0v) is 22.4. The van der Waals surface area contributed by atoms with Gasteiger partial charge in [0.15, 0.2) is 0 Å². The van der Waals surface area contributed by atoms with Crippen LogP contribution in [0.25, 0.3) is 16.0 Å². The number of hydrogen-bond acceptors (Lipinski definition) is 7. The highest BCUT2D eigenvalue weighted by Crippen LogP contribution is 2.64. The number of anilines is 1. The number of rotatable bonds is 7. The smallest absolute Gasteiger partial charge is 0.414 e. The van der Waals surface area contributed by atoms with Crippen LogP contribution in [0.3, 0.4) is 0 Å². The lowest BCUT2D eigenvalue weighted by molar-refractivity contribution is -0.131. The molecule has 1 unspecified atom stereocenters. The number of carbonyl (C=O) groups is 2. The van der Waals surface area contributed by atoms with Crippen molar-refractivity contribution in [2.45, 2.75) is 31.0 Å². The minimum absolute atomic E-state index is 0.0745. The number of halogens is 1. The highest BCUT2D eigenvalue weighted by Gasteiger charge is 2.78. The number of cyclic esters (lactones) is 1. The van der Waals surface area contributed by atoms with Crippen molar-refractivity contribution >= 4 is 17.7 Å². The van der Waals surface area contributed by atoms with E-state index in [9.17, 15) is 9.59 Å². The molecule has 0 radical (unpaired) electrons. The first-order valence-electron chi connectivity index (χ1n) is 13.9. The van der Waals surface area contributed by atoms with Crippen LogP contribution < -0.4 is 4.90 Å². The molecule has 0 bridgehead atoms. The summed E-state index contributed by atoms with van der Waals surface area (Å²) in [4.78, 5) is 39.3. The maximum atomic E-state index is 15.3. The first-order valence-corrected chi connectivity index (χ1v) is 13.9. The minimum atomic E-state index is -0.718. The van der Waals surface area contributed by atoms with Gasteiger partial charge in [-0.2, -0.15) is 0 Å². The highest BCUT2D eigenvalue weighted by atomic mass is 19.1. The van der Waals surface area contributed by atoms with Crippen LogP contribution in [0.15, 0.2) is 48.9 Å². The minimum Gasteiger partial charge on any atom is -0.442 e. The fraction of sp³-hybridized carbons (Fsp3) is 0.448. The van der Waals surface area contributed by atoms with Crippen LogP contribution in [0.1, 0.15) is 18.5 Å². The summed E-state index contributed by atoms with van der Waals surface area (Å²) in [6.07, 6.45) is 6.17. The molecular weight excluding hydrogens is 527 g/mol. The van der Waals surface area contributed by atoms with Gasteiger partial charge in [-0.1, -0.05) is 11.3 Å². The molecule has 11 nitrogen and oxygen atoms in total. The van der Waals surface area contributed by atoms with Gasteiger partial charge in [0, 0.05) is 36.6 Å². The van der Waals surface area contributed by atoms with Crippen molar-refractivity contribution in [2.24, 2.45) is 11.8 Å². The molecule has 2 aromatic heterocycles. The summed E-state index contributed by atoms with van der Waals surface area (Å²) in [5.74, 6) is -0.191. The van der Waals surface area contributed by atoms with Gasteiger partial charge in [0.05, 0.1) is 43.4 Å². The van der Waals surface area contributed by atoms with Gasteiger partial charge >= 0.3 is 6.09 Å². The molecule has 1 aromatic carbocycles. The van der Waals surface area contributed by atoms with Crippen molar-refractivity contribution in [1.29, 1.82) is 0 Å². The topological polar surface area (TPSA) is 101 Å². The third-order valence-electron chi connectivity index (χ3n) is 8.92. The Labute approximate surface area is 236 Å². The van der Waals surface area contributed by atoms with E-state index >= 15 is 4.39 Å². The van der Waals surface area contributed by atoms with E-state index in [0.29, 0.717) is 48.7 Å². The Kier molecular flexibility index (Phi) is 6.19. The van der Waals surface area contributed by atoms with Gasteiger partial charge in [-0.3, -0.25) is 19.6 Å². The van der Waals surface area contributed by atoms with Crippen molar-refractivity contribution in [3.05, 3.63) is 71.9 Å². The van der Waals surface area contributed by atoms with E-state index in [1.165, 1.54) is 11.0 Å². The van der Waals surface area contributed by atoms with Crippen LogP contribution in [-0.4, -0.2) is 87.2 Å². The number of piperidine rings is 1. The monoisotopic (exact) mass is 556 g/mol. The number of likely N-dealkylation sites (tertiary alicyclic amines) is 2. The SMILES string of the molecule is [C-]#[N+]C1(c2ccc(-c3ccc(N4C[C@H](Cn5ccnn5)OC4=O)cc3F)cn2)[C@@H]2CN(C(=O)CN3CCCC3)C[C@@H]21. The summed E-state index contributed by atoms with van der Waals surface area (Å²) in [6, 6.07) is 8.23. The zero-order chi connectivity index (χ0) is 28.1. The molecule has 3 aromatic rings. The first kappa shape index (κ1) is 25.6. The number of amides is 2. The third kappa shape index (κ3) is 4.41. The molecule has 41 heavy (non-hydrogen) atoms. The number of carbonyl (C=O) groups excluding carboxylic acids is 2. The molecule has 12 heteroatoms. The Hall–Kier alpha value is -4.37. The third-order valence-corrected chi connectivity index (χ3v) is 8.92. The molecule has 3 aliphatic heterocycles. The Morgan fingerprint density at radius 3 is 2.61 bits per heavy atom. The van der Waals surface area contributed by atoms with Gasteiger partial charge in [-0.15, -0.1) is 5.10 Å². The molecule has 3 saturated heterocycles. The quantitative estimate of drug-likeness (QED) is 0.413. The lowest BCUT2D eigenvalue weighted by Gasteiger charge is -2.23. The summed E-state index contributed by atoms with van der Waals surface area (Å²) in [5, 5.41) is 7.64. The molecule has 1 aliphatic carbocycles. The van der Waals surface area contributed by atoms with E-state index in [0.717, 1.165) is 25.9 Å². The number of ether oxygens (including phenoxy) is 1. The number of nitrogens with zero attached hydrogens (tertiary/aromatic N) is 8. The van der Waals surface area contributed by atoms with E-state index in [1.807, 2.05) is 11.0 Å². The summed E-state index contributed by atoms with van der Waals surface area (Å²) < 4.78 is 22.3. The predicted octanol–water partition coefficient (Wildman–Crippen LogP) is 2.80. The molecule has 1 saturated carbocycles. The van der Waals surface area contributed by atoms with Crippen LogP contribution in [-0.2, 0) is 21.6 Å². The van der Waals surface area contributed by atoms with Crippen LogP contribution in [0.5, 0.6) is 0 Å². The van der Waals surface area contributed by atoms with Crippen molar-refractivity contribution in [2.75, 3.05) is 44.2 Å². The van der Waals surface area contributed by atoms with Crippen molar-refractivity contribution in [3.8, 4) is 11.1 Å². The lowest BCUT2D eigenvalue weighted by Crippen LogP contribution is -2.41. The summed E-state index contributed by atoms with van der Waals surface area (Å²) >= 11 is 0. The molecule has 4 fully saturated rings. The number of fused-ring (bicyclic) bond motifs is 1. The van der Waals surface area contributed by atoms with Crippen LogP contribution in [0.2, 0.25) is 0 Å². The second kappa shape index (κ2) is 9.92. The fourth-order valence-corrected chi connectivity index (χ4v) is 6.70.